The number of hydrogen-bond acceptors (Lipinski definition) is 5. The van der Waals surface area contributed by atoms with Gasteiger partial charge in [-0.15, -0.1) is 0 Å². The number of benzene rings is 8. The Labute approximate surface area is 385 Å². The Bertz CT molecular complexity index is 3300. The molecule has 0 fully saturated rings. The Morgan fingerprint density at radius 2 is 0.591 bits per heavy atom. The Kier molecular flexibility index (Phi) is 9.11. The van der Waals surface area contributed by atoms with Gasteiger partial charge < -0.3 is 0 Å². The van der Waals surface area contributed by atoms with Gasteiger partial charge in [-0.3, -0.25) is 0 Å². The number of rotatable bonds is 7. The summed E-state index contributed by atoms with van der Waals surface area (Å²) < 4.78 is 0. The summed E-state index contributed by atoms with van der Waals surface area (Å²) in [4.78, 5) is 25.8. The monoisotopic (exact) mass is 847 g/mol. The van der Waals surface area contributed by atoms with Crippen LogP contribution in [0.1, 0.15) is 49.9 Å². The van der Waals surface area contributed by atoms with Crippen molar-refractivity contribution in [1.82, 2.24) is 24.9 Å². The molecule has 12 rings (SSSR count). The summed E-state index contributed by atoms with van der Waals surface area (Å²) in [6.45, 7) is 9.24. The molecule has 2 heterocycles. The summed E-state index contributed by atoms with van der Waals surface area (Å²) in [5.74, 6) is 2.59. The molecule has 0 bridgehead atoms. The van der Waals surface area contributed by atoms with Crippen molar-refractivity contribution in [2.45, 2.75) is 38.5 Å². The Morgan fingerprint density at radius 1 is 0.242 bits per heavy atom. The highest BCUT2D eigenvalue weighted by atomic mass is 15.0. The minimum Gasteiger partial charge on any atom is -0.228 e. The largest absolute Gasteiger partial charge is 0.228 e. The summed E-state index contributed by atoms with van der Waals surface area (Å²) in [7, 11) is 0. The highest BCUT2D eigenvalue weighted by Gasteiger charge is 2.36. The van der Waals surface area contributed by atoms with Crippen molar-refractivity contribution >= 4 is 0 Å². The Balaban J connectivity index is 0.936. The second kappa shape index (κ2) is 15.2. The van der Waals surface area contributed by atoms with Crippen LogP contribution in [0, 0.1) is 0 Å². The molecule has 0 spiro atoms. The average molecular weight is 848 g/mol. The van der Waals surface area contributed by atoms with Gasteiger partial charge in [0.15, 0.2) is 23.3 Å². The van der Waals surface area contributed by atoms with E-state index in [1.807, 2.05) is 36.4 Å². The van der Waals surface area contributed by atoms with Crippen LogP contribution in [-0.2, 0) is 10.8 Å². The molecule has 5 nitrogen and oxygen atoms in total. The van der Waals surface area contributed by atoms with Crippen molar-refractivity contribution in [2.24, 2.45) is 0 Å². The molecule has 2 aliphatic rings. The SMILES string of the molecule is CC1(C)c2ccccc2-c2ccc(-c3cc(-c4cccc(-c5cccc(-c6nc(-c7ccccc7)nc(-c7ccc8c(c7)C(C)(C)c7ccccc7-8)n6)c5)c4)nc(-c4ccccc4)n3)cc21. The van der Waals surface area contributed by atoms with Gasteiger partial charge >= 0.3 is 0 Å². The average Bonchev–Trinajstić information content (AvgIpc) is 3.75. The van der Waals surface area contributed by atoms with E-state index in [1.54, 1.807) is 0 Å². The molecule has 0 saturated carbocycles. The predicted octanol–water partition coefficient (Wildman–Crippen LogP) is 14.9. The van der Waals surface area contributed by atoms with Crippen LogP contribution >= 0.6 is 0 Å². The van der Waals surface area contributed by atoms with Crippen LogP contribution in [0.4, 0.5) is 0 Å². The molecule has 0 unspecified atom stereocenters. The summed E-state index contributed by atoms with van der Waals surface area (Å²) in [5, 5.41) is 0. The lowest BCUT2D eigenvalue weighted by atomic mass is 9.82. The van der Waals surface area contributed by atoms with Gasteiger partial charge in [0.05, 0.1) is 11.4 Å². The zero-order valence-electron chi connectivity index (χ0n) is 37.3. The fourth-order valence-corrected chi connectivity index (χ4v) is 10.2. The van der Waals surface area contributed by atoms with Crippen molar-refractivity contribution in [2.75, 3.05) is 0 Å². The molecule has 0 radical (unpaired) electrons. The third-order valence-electron chi connectivity index (χ3n) is 13.8. The standard InChI is InChI=1S/C61H45N5/c1-60(2)50-27-13-11-25-46(50)48-31-29-43(35-52(48)60)55-37-54(62-56(63-55)38-17-7-5-8-18-38)42-23-15-21-40(33-42)41-22-16-24-44(34-41)58-64-57(39-19-9-6-10-20-39)65-59(66-58)45-30-32-49-47-26-12-14-28-51(47)61(3,4)53(49)36-45/h5-37H,1-4H3. The van der Waals surface area contributed by atoms with E-state index in [0.29, 0.717) is 23.3 Å². The smallest absolute Gasteiger partial charge is 0.164 e. The zero-order chi connectivity index (χ0) is 44.6. The first-order valence-corrected chi connectivity index (χ1v) is 22.7. The molecule has 314 valence electrons. The van der Waals surface area contributed by atoms with Crippen LogP contribution < -0.4 is 0 Å². The van der Waals surface area contributed by atoms with E-state index in [-0.39, 0.29) is 10.8 Å². The molecule has 0 atom stereocenters. The van der Waals surface area contributed by atoms with E-state index >= 15 is 0 Å². The van der Waals surface area contributed by atoms with Crippen molar-refractivity contribution < 1.29 is 0 Å². The van der Waals surface area contributed by atoms with Gasteiger partial charge in [-0.05, 0) is 86.0 Å². The first-order chi connectivity index (χ1) is 32.2. The summed E-state index contributed by atoms with van der Waals surface area (Å²) in [5.41, 5.74) is 19.9. The number of aromatic nitrogens is 5. The van der Waals surface area contributed by atoms with Gasteiger partial charge in [0.25, 0.3) is 0 Å². The van der Waals surface area contributed by atoms with Gasteiger partial charge in [-0.1, -0.05) is 198 Å². The maximum atomic E-state index is 5.21. The van der Waals surface area contributed by atoms with Crippen LogP contribution in [0.15, 0.2) is 200 Å². The molecule has 2 aliphatic carbocycles. The lowest BCUT2D eigenvalue weighted by molar-refractivity contribution is 0.660. The molecule has 0 amide bonds. The fourth-order valence-electron chi connectivity index (χ4n) is 10.2. The molecule has 66 heavy (non-hydrogen) atoms. The first kappa shape index (κ1) is 39.4. The first-order valence-electron chi connectivity index (χ1n) is 22.7. The van der Waals surface area contributed by atoms with Crippen LogP contribution in [0.25, 0.3) is 101 Å². The van der Waals surface area contributed by atoms with E-state index in [1.165, 1.54) is 44.5 Å². The molecular formula is C61H45N5. The van der Waals surface area contributed by atoms with Gasteiger partial charge in [0.1, 0.15) is 0 Å². The van der Waals surface area contributed by atoms with E-state index in [0.717, 1.165) is 55.9 Å². The van der Waals surface area contributed by atoms with Gasteiger partial charge in [-0.2, -0.15) is 0 Å². The Morgan fingerprint density at radius 3 is 1.14 bits per heavy atom. The highest BCUT2D eigenvalue weighted by Crippen LogP contribution is 2.51. The molecular weight excluding hydrogens is 803 g/mol. The lowest BCUT2D eigenvalue weighted by Gasteiger charge is -2.22. The van der Waals surface area contributed by atoms with Crippen molar-refractivity contribution in [3.05, 3.63) is 222 Å². The van der Waals surface area contributed by atoms with Crippen LogP contribution in [-0.4, -0.2) is 24.9 Å². The van der Waals surface area contributed by atoms with Crippen molar-refractivity contribution in [3.8, 4) is 101 Å². The summed E-state index contributed by atoms with van der Waals surface area (Å²) >= 11 is 0. The highest BCUT2D eigenvalue weighted by molar-refractivity contribution is 5.86. The number of hydrogen-bond donors (Lipinski definition) is 0. The predicted molar refractivity (Wildman–Crippen MR) is 269 cm³/mol. The number of nitrogens with zero attached hydrogens (tertiary/aromatic N) is 5. The summed E-state index contributed by atoms with van der Waals surface area (Å²) in [6.07, 6.45) is 0. The van der Waals surface area contributed by atoms with Gasteiger partial charge in [0, 0.05) is 44.2 Å². The summed E-state index contributed by atoms with van der Waals surface area (Å²) in [6, 6.07) is 70.6. The minimum absolute atomic E-state index is 0.124. The maximum Gasteiger partial charge on any atom is 0.164 e. The molecule has 8 aromatic carbocycles. The normalized spacial score (nSPS) is 13.7. The quantitative estimate of drug-likeness (QED) is 0.160. The maximum absolute atomic E-state index is 5.21. The van der Waals surface area contributed by atoms with E-state index < -0.39 is 0 Å². The van der Waals surface area contributed by atoms with Crippen LogP contribution in [0.3, 0.4) is 0 Å². The zero-order valence-corrected chi connectivity index (χ0v) is 37.3. The van der Waals surface area contributed by atoms with Gasteiger partial charge in [-0.25, -0.2) is 24.9 Å². The molecule has 0 N–H and O–H groups in total. The molecule has 0 saturated heterocycles. The number of fused-ring (bicyclic) bond motifs is 6. The molecule has 5 heteroatoms. The van der Waals surface area contributed by atoms with E-state index in [9.17, 15) is 0 Å². The third-order valence-corrected chi connectivity index (χ3v) is 13.8. The molecule has 10 aromatic rings. The third kappa shape index (κ3) is 6.58. The Hall–Kier alpha value is -8.15. The van der Waals surface area contributed by atoms with Crippen LogP contribution in [0.2, 0.25) is 0 Å². The fraction of sp³-hybridized carbons (Fsp3) is 0.0984. The van der Waals surface area contributed by atoms with Crippen molar-refractivity contribution in [1.29, 1.82) is 0 Å². The molecule has 0 aliphatic heterocycles. The van der Waals surface area contributed by atoms with Crippen LogP contribution in [0.5, 0.6) is 0 Å². The second-order valence-electron chi connectivity index (χ2n) is 18.5. The van der Waals surface area contributed by atoms with E-state index in [4.69, 9.17) is 24.9 Å². The second-order valence-corrected chi connectivity index (χ2v) is 18.5. The van der Waals surface area contributed by atoms with Crippen molar-refractivity contribution in [3.63, 3.8) is 0 Å². The molecule has 2 aromatic heterocycles. The van der Waals surface area contributed by atoms with E-state index in [2.05, 4.69) is 191 Å². The lowest BCUT2D eigenvalue weighted by Crippen LogP contribution is -2.15. The van der Waals surface area contributed by atoms with Gasteiger partial charge in [0.2, 0.25) is 0 Å². The minimum atomic E-state index is -0.147. The topological polar surface area (TPSA) is 64.5 Å².